The van der Waals surface area contributed by atoms with Crippen LogP contribution in [0.1, 0.15) is 20.3 Å². The van der Waals surface area contributed by atoms with Gasteiger partial charge in [0.05, 0.1) is 5.02 Å². The van der Waals surface area contributed by atoms with Crippen LogP contribution in [0.25, 0.3) is 0 Å². The molecule has 0 heterocycles. The maximum Gasteiger partial charge on any atom is 0.141 e. The van der Waals surface area contributed by atoms with Crippen molar-refractivity contribution in [2.75, 3.05) is 31.5 Å². The highest BCUT2D eigenvalue weighted by Crippen LogP contribution is 2.19. The molecule has 0 fully saturated rings. The first kappa shape index (κ1) is 14.3. The Kier molecular flexibility index (Phi) is 6.30. The second-order valence-electron chi connectivity index (χ2n) is 3.94. The van der Waals surface area contributed by atoms with E-state index < -0.39 is 0 Å². The van der Waals surface area contributed by atoms with Crippen molar-refractivity contribution in [2.24, 2.45) is 0 Å². The minimum atomic E-state index is -0.375. The Morgan fingerprint density at radius 3 is 2.59 bits per heavy atom. The summed E-state index contributed by atoms with van der Waals surface area (Å²) in [4.78, 5) is 2.37. The standard InChI is InChI=1S/C13H20ClFN2/c1-3-17(4-2)9-5-8-16-11-6-7-13(15)12(14)10-11/h6-7,10,16H,3-5,8-9H2,1-2H3. The van der Waals surface area contributed by atoms with Crippen LogP contribution in [0.2, 0.25) is 5.02 Å². The molecule has 0 saturated heterocycles. The molecule has 0 unspecified atom stereocenters. The number of benzene rings is 1. The van der Waals surface area contributed by atoms with Crippen LogP contribution in [0.15, 0.2) is 18.2 Å². The van der Waals surface area contributed by atoms with Crippen molar-refractivity contribution >= 4 is 17.3 Å². The molecule has 17 heavy (non-hydrogen) atoms. The molecule has 96 valence electrons. The summed E-state index contributed by atoms with van der Waals surface area (Å²) in [5, 5.41) is 3.40. The molecule has 0 aliphatic carbocycles. The first-order valence-electron chi connectivity index (χ1n) is 6.08. The summed E-state index contributed by atoms with van der Waals surface area (Å²) < 4.78 is 12.9. The van der Waals surface area contributed by atoms with Gasteiger partial charge in [0, 0.05) is 12.2 Å². The third-order valence-electron chi connectivity index (χ3n) is 2.79. The Morgan fingerprint density at radius 2 is 2.00 bits per heavy atom. The van der Waals surface area contributed by atoms with Gasteiger partial charge in [-0.15, -0.1) is 0 Å². The quantitative estimate of drug-likeness (QED) is 0.752. The predicted molar refractivity (Wildman–Crippen MR) is 72.3 cm³/mol. The molecule has 0 bridgehead atoms. The molecule has 1 N–H and O–H groups in total. The largest absolute Gasteiger partial charge is 0.385 e. The fourth-order valence-corrected chi connectivity index (χ4v) is 1.86. The third-order valence-corrected chi connectivity index (χ3v) is 3.08. The van der Waals surface area contributed by atoms with E-state index in [2.05, 4.69) is 24.1 Å². The van der Waals surface area contributed by atoms with E-state index in [1.165, 1.54) is 6.07 Å². The molecule has 1 aromatic rings. The van der Waals surface area contributed by atoms with Crippen molar-refractivity contribution in [2.45, 2.75) is 20.3 Å². The minimum Gasteiger partial charge on any atom is -0.385 e. The smallest absolute Gasteiger partial charge is 0.141 e. The van der Waals surface area contributed by atoms with E-state index in [4.69, 9.17) is 11.6 Å². The lowest BCUT2D eigenvalue weighted by molar-refractivity contribution is 0.303. The number of hydrogen-bond donors (Lipinski definition) is 1. The third kappa shape index (κ3) is 4.92. The first-order valence-corrected chi connectivity index (χ1v) is 6.46. The van der Waals surface area contributed by atoms with Gasteiger partial charge in [-0.25, -0.2) is 4.39 Å². The fourth-order valence-electron chi connectivity index (χ4n) is 1.68. The highest BCUT2D eigenvalue weighted by atomic mass is 35.5. The summed E-state index contributed by atoms with van der Waals surface area (Å²) in [7, 11) is 0. The summed E-state index contributed by atoms with van der Waals surface area (Å²) in [5.41, 5.74) is 0.871. The Balaban J connectivity index is 2.28. The van der Waals surface area contributed by atoms with Gasteiger partial charge in [-0.2, -0.15) is 0 Å². The van der Waals surface area contributed by atoms with Gasteiger partial charge >= 0.3 is 0 Å². The zero-order chi connectivity index (χ0) is 12.7. The molecule has 1 rings (SSSR count). The number of halogens is 2. The van der Waals surface area contributed by atoms with Gasteiger partial charge in [0.1, 0.15) is 5.82 Å². The lowest BCUT2D eigenvalue weighted by Crippen LogP contribution is -2.25. The highest BCUT2D eigenvalue weighted by molar-refractivity contribution is 6.31. The molecular weight excluding hydrogens is 239 g/mol. The van der Waals surface area contributed by atoms with Gasteiger partial charge in [-0.05, 0) is 44.3 Å². The Bertz CT molecular complexity index is 340. The highest BCUT2D eigenvalue weighted by Gasteiger charge is 2.01. The lowest BCUT2D eigenvalue weighted by Gasteiger charge is -2.17. The average Bonchev–Trinajstić information content (AvgIpc) is 2.34. The lowest BCUT2D eigenvalue weighted by atomic mass is 10.3. The number of rotatable bonds is 7. The first-order chi connectivity index (χ1) is 8.17. The topological polar surface area (TPSA) is 15.3 Å². The van der Waals surface area contributed by atoms with Crippen LogP contribution >= 0.6 is 11.6 Å². The van der Waals surface area contributed by atoms with E-state index in [1.807, 2.05) is 0 Å². The monoisotopic (exact) mass is 258 g/mol. The van der Waals surface area contributed by atoms with E-state index in [9.17, 15) is 4.39 Å². The normalized spacial score (nSPS) is 10.9. The van der Waals surface area contributed by atoms with Crippen LogP contribution < -0.4 is 5.32 Å². The van der Waals surface area contributed by atoms with E-state index in [0.29, 0.717) is 0 Å². The van der Waals surface area contributed by atoms with E-state index >= 15 is 0 Å². The van der Waals surface area contributed by atoms with Crippen LogP contribution in [0.4, 0.5) is 10.1 Å². The van der Waals surface area contributed by atoms with Crippen molar-refractivity contribution in [1.29, 1.82) is 0 Å². The number of hydrogen-bond acceptors (Lipinski definition) is 2. The van der Waals surface area contributed by atoms with Crippen LogP contribution in [-0.4, -0.2) is 31.1 Å². The molecule has 0 saturated carbocycles. The molecule has 0 aliphatic rings. The predicted octanol–water partition coefficient (Wildman–Crippen LogP) is 3.62. The average molecular weight is 259 g/mol. The summed E-state index contributed by atoms with van der Waals surface area (Å²) in [6, 6.07) is 4.71. The van der Waals surface area contributed by atoms with Gasteiger partial charge in [0.15, 0.2) is 0 Å². The van der Waals surface area contributed by atoms with Gasteiger partial charge in [0.25, 0.3) is 0 Å². The molecule has 0 atom stereocenters. The van der Waals surface area contributed by atoms with Crippen molar-refractivity contribution < 1.29 is 4.39 Å². The Hall–Kier alpha value is -0.800. The molecule has 0 aromatic heterocycles. The number of anilines is 1. The second kappa shape index (κ2) is 7.51. The molecule has 0 spiro atoms. The summed E-state index contributed by atoms with van der Waals surface area (Å²) >= 11 is 5.70. The van der Waals surface area contributed by atoms with Crippen LogP contribution in [-0.2, 0) is 0 Å². The maximum absolute atomic E-state index is 12.9. The van der Waals surface area contributed by atoms with Gasteiger partial charge in [-0.1, -0.05) is 25.4 Å². The molecular formula is C13H20ClFN2. The summed E-state index contributed by atoms with van der Waals surface area (Å²) in [5.74, 6) is -0.375. The molecule has 1 aromatic carbocycles. The molecule has 4 heteroatoms. The van der Waals surface area contributed by atoms with E-state index in [1.54, 1.807) is 12.1 Å². The Labute approximate surface area is 108 Å². The van der Waals surface area contributed by atoms with E-state index in [0.717, 1.165) is 38.3 Å². The summed E-state index contributed by atoms with van der Waals surface area (Å²) in [6.07, 6.45) is 1.07. The molecule has 0 aliphatic heterocycles. The van der Waals surface area contributed by atoms with Gasteiger partial charge in [0.2, 0.25) is 0 Å². The zero-order valence-corrected chi connectivity index (χ0v) is 11.2. The fraction of sp³-hybridized carbons (Fsp3) is 0.538. The van der Waals surface area contributed by atoms with Crippen LogP contribution in [0, 0.1) is 5.82 Å². The summed E-state index contributed by atoms with van der Waals surface area (Å²) in [6.45, 7) is 8.44. The second-order valence-corrected chi connectivity index (χ2v) is 4.34. The zero-order valence-electron chi connectivity index (χ0n) is 10.5. The van der Waals surface area contributed by atoms with Gasteiger partial charge < -0.3 is 10.2 Å². The minimum absolute atomic E-state index is 0.166. The van der Waals surface area contributed by atoms with Crippen molar-refractivity contribution in [3.05, 3.63) is 29.0 Å². The van der Waals surface area contributed by atoms with Crippen molar-refractivity contribution in [1.82, 2.24) is 4.90 Å². The number of nitrogens with one attached hydrogen (secondary N) is 1. The van der Waals surface area contributed by atoms with E-state index in [-0.39, 0.29) is 10.8 Å². The SMILES string of the molecule is CCN(CC)CCCNc1ccc(F)c(Cl)c1. The number of nitrogens with zero attached hydrogens (tertiary/aromatic N) is 1. The molecule has 0 amide bonds. The molecule has 0 radical (unpaired) electrons. The van der Waals surface area contributed by atoms with Crippen molar-refractivity contribution in [3.8, 4) is 0 Å². The van der Waals surface area contributed by atoms with Crippen molar-refractivity contribution in [3.63, 3.8) is 0 Å². The maximum atomic E-state index is 12.9. The van der Waals surface area contributed by atoms with Gasteiger partial charge in [-0.3, -0.25) is 0 Å². The molecule has 2 nitrogen and oxygen atoms in total. The van der Waals surface area contributed by atoms with Crippen LogP contribution in [0.5, 0.6) is 0 Å². The Morgan fingerprint density at radius 1 is 1.29 bits per heavy atom. The van der Waals surface area contributed by atoms with Crippen LogP contribution in [0.3, 0.4) is 0 Å².